The predicted octanol–water partition coefficient (Wildman–Crippen LogP) is 0.614. The van der Waals surface area contributed by atoms with Crippen LogP contribution in [-0.4, -0.2) is 80.8 Å². The molecule has 14 heteroatoms. The van der Waals surface area contributed by atoms with Crippen LogP contribution < -0.4 is 21.3 Å². The van der Waals surface area contributed by atoms with Crippen LogP contribution in [0.2, 0.25) is 0 Å². The quantitative estimate of drug-likeness (QED) is 0.324. The summed E-state index contributed by atoms with van der Waals surface area (Å²) in [5.41, 5.74) is 0.793. The molecule has 1 aromatic carbocycles. The molecule has 0 aliphatic carbocycles. The van der Waals surface area contributed by atoms with Gasteiger partial charge in [0, 0.05) is 38.0 Å². The zero-order chi connectivity index (χ0) is 31.6. The molecule has 4 rings (SSSR count). The summed E-state index contributed by atoms with van der Waals surface area (Å²) in [5.74, 6) is -2.52. The van der Waals surface area contributed by atoms with Crippen molar-refractivity contribution in [2.45, 2.75) is 58.3 Å². The summed E-state index contributed by atoms with van der Waals surface area (Å²) in [7, 11) is 0. The molecule has 2 aromatic heterocycles. The van der Waals surface area contributed by atoms with Gasteiger partial charge >= 0.3 is 0 Å². The van der Waals surface area contributed by atoms with E-state index in [4.69, 9.17) is 4.52 Å². The van der Waals surface area contributed by atoms with Gasteiger partial charge in [-0.05, 0) is 24.8 Å². The molecule has 0 saturated carbocycles. The first-order chi connectivity index (χ1) is 21.1. The van der Waals surface area contributed by atoms with Crippen molar-refractivity contribution in [1.29, 1.82) is 0 Å². The van der Waals surface area contributed by atoms with Gasteiger partial charge in [0.15, 0.2) is 11.5 Å². The van der Waals surface area contributed by atoms with Gasteiger partial charge in [0.2, 0.25) is 17.7 Å². The molecule has 14 nitrogen and oxygen atoms in total. The van der Waals surface area contributed by atoms with Crippen molar-refractivity contribution in [1.82, 2.24) is 41.3 Å². The Balaban J connectivity index is 1.64. The maximum atomic E-state index is 13.5. The Hall–Kier alpha value is -5.14. The maximum absolute atomic E-state index is 13.5. The lowest BCUT2D eigenvalue weighted by Crippen LogP contribution is -2.57. The Kier molecular flexibility index (Phi) is 10.7. The highest BCUT2D eigenvalue weighted by molar-refractivity contribution is 5.97. The Morgan fingerprint density at radius 1 is 1.00 bits per heavy atom. The number of aromatic nitrogens is 3. The molecular weight excluding hydrogens is 568 g/mol. The van der Waals surface area contributed by atoms with Gasteiger partial charge in [-0.15, -0.1) is 0 Å². The van der Waals surface area contributed by atoms with Gasteiger partial charge in [0.05, 0.1) is 12.7 Å². The monoisotopic (exact) mass is 604 g/mol. The molecule has 1 aliphatic heterocycles. The molecule has 44 heavy (non-hydrogen) atoms. The first-order valence-corrected chi connectivity index (χ1v) is 14.3. The molecule has 3 heterocycles. The molecule has 232 valence electrons. The van der Waals surface area contributed by atoms with Gasteiger partial charge in [-0.2, -0.15) is 0 Å². The Bertz CT molecular complexity index is 1460. The molecule has 3 aromatic rings. The molecule has 2 bridgehead atoms. The lowest BCUT2D eigenvalue weighted by molar-refractivity contribution is -0.132. The smallest absolute Gasteiger partial charge is 0.274 e. The standard InChI is InChI=1S/C30H36N8O6/c1-18(2)13-22-28(41)36-23(14-20-7-5-4-6-8-20)27(40)33-11-12-38(30(43)25-16-31-9-10-32-25)17-21-15-24(37-44-21)29(42)34-19(3)26(39)35-22/h4-10,15-16,18-19,22-23H,11-14,17H2,1-3H3,(H,33,40)(H,34,42)(H,35,39)(H,36,41)/t19-,22-,23-/m1/s1. The molecule has 1 aliphatic rings. The van der Waals surface area contributed by atoms with E-state index < -0.39 is 47.7 Å². The number of hydrogen-bond acceptors (Lipinski definition) is 9. The number of hydrogen-bond donors (Lipinski definition) is 4. The Morgan fingerprint density at radius 3 is 2.45 bits per heavy atom. The summed E-state index contributed by atoms with van der Waals surface area (Å²) < 4.78 is 5.33. The summed E-state index contributed by atoms with van der Waals surface area (Å²) in [6.45, 7) is 5.25. The van der Waals surface area contributed by atoms with Gasteiger partial charge < -0.3 is 30.7 Å². The van der Waals surface area contributed by atoms with E-state index in [1.54, 1.807) is 0 Å². The zero-order valence-electron chi connectivity index (χ0n) is 24.8. The second-order valence-electron chi connectivity index (χ2n) is 10.9. The molecule has 0 unspecified atom stereocenters. The predicted molar refractivity (Wildman–Crippen MR) is 157 cm³/mol. The van der Waals surface area contributed by atoms with E-state index in [2.05, 4.69) is 36.4 Å². The lowest BCUT2D eigenvalue weighted by Gasteiger charge is -2.26. The average molecular weight is 605 g/mol. The second kappa shape index (κ2) is 14.8. The van der Waals surface area contributed by atoms with Crippen LogP contribution >= 0.6 is 0 Å². The zero-order valence-corrected chi connectivity index (χ0v) is 24.8. The van der Waals surface area contributed by atoms with Gasteiger partial charge in [-0.25, -0.2) is 4.98 Å². The van der Waals surface area contributed by atoms with Crippen LogP contribution in [0.25, 0.3) is 0 Å². The third-order valence-electron chi connectivity index (χ3n) is 6.89. The summed E-state index contributed by atoms with van der Waals surface area (Å²) in [6.07, 6.45) is 4.62. The van der Waals surface area contributed by atoms with E-state index in [1.807, 2.05) is 44.2 Å². The van der Waals surface area contributed by atoms with Crippen LogP contribution in [0.15, 0.2) is 59.5 Å². The number of carbonyl (C=O) groups is 5. The minimum Gasteiger partial charge on any atom is -0.359 e. The van der Waals surface area contributed by atoms with Crippen molar-refractivity contribution in [3.63, 3.8) is 0 Å². The number of amides is 5. The minimum atomic E-state index is -1.03. The van der Waals surface area contributed by atoms with E-state index >= 15 is 0 Å². The normalized spacial score (nSPS) is 20.5. The van der Waals surface area contributed by atoms with Crippen LogP contribution in [0.3, 0.4) is 0 Å². The van der Waals surface area contributed by atoms with E-state index in [0.717, 1.165) is 5.56 Å². The highest BCUT2D eigenvalue weighted by Crippen LogP contribution is 2.12. The topological polar surface area (TPSA) is 189 Å². The fraction of sp³-hybridized carbons (Fsp3) is 0.400. The van der Waals surface area contributed by atoms with Gasteiger partial charge in [0.25, 0.3) is 11.8 Å². The first-order valence-electron chi connectivity index (χ1n) is 14.3. The number of carbonyl (C=O) groups excluding carboxylic acids is 5. The third kappa shape index (κ3) is 8.69. The van der Waals surface area contributed by atoms with Crippen molar-refractivity contribution >= 4 is 29.5 Å². The van der Waals surface area contributed by atoms with Crippen LogP contribution in [0.1, 0.15) is 59.5 Å². The fourth-order valence-electron chi connectivity index (χ4n) is 4.61. The van der Waals surface area contributed by atoms with E-state index in [9.17, 15) is 24.0 Å². The Labute approximate surface area is 254 Å². The van der Waals surface area contributed by atoms with Crippen LogP contribution in [0, 0.1) is 5.92 Å². The summed E-state index contributed by atoms with van der Waals surface area (Å²) in [6, 6.07) is 7.59. The molecule has 3 atom stereocenters. The highest BCUT2D eigenvalue weighted by atomic mass is 16.5. The number of nitrogens with zero attached hydrogens (tertiary/aromatic N) is 4. The fourth-order valence-corrected chi connectivity index (χ4v) is 4.61. The van der Waals surface area contributed by atoms with E-state index in [-0.39, 0.29) is 49.1 Å². The first kappa shape index (κ1) is 31.8. The maximum Gasteiger partial charge on any atom is 0.274 e. The molecule has 0 fully saturated rings. The minimum absolute atomic E-state index is 0.0249. The molecule has 5 amide bonds. The van der Waals surface area contributed by atoms with Gasteiger partial charge in [-0.3, -0.25) is 29.0 Å². The number of rotatable bonds is 5. The van der Waals surface area contributed by atoms with Crippen molar-refractivity contribution in [3.05, 3.63) is 77.7 Å². The number of fused-ring (bicyclic) bond motifs is 2. The number of benzene rings is 1. The molecule has 0 spiro atoms. The second-order valence-corrected chi connectivity index (χ2v) is 10.9. The lowest BCUT2D eigenvalue weighted by atomic mass is 10.0. The summed E-state index contributed by atoms with van der Waals surface area (Å²) in [5, 5.41) is 14.7. The highest BCUT2D eigenvalue weighted by Gasteiger charge is 2.30. The molecule has 4 N–H and O–H groups in total. The van der Waals surface area contributed by atoms with Gasteiger partial charge in [-0.1, -0.05) is 49.3 Å². The van der Waals surface area contributed by atoms with Crippen LogP contribution in [-0.2, 0) is 27.3 Å². The number of nitrogens with one attached hydrogen (secondary N) is 4. The van der Waals surface area contributed by atoms with Crippen LogP contribution in [0.5, 0.6) is 0 Å². The summed E-state index contributed by atoms with van der Waals surface area (Å²) >= 11 is 0. The molecular formula is C30H36N8O6. The van der Waals surface area contributed by atoms with Crippen LogP contribution in [0.4, 0.5) is 0 Å². The van der Waals surface area contributed by atoms with Gasteiger partial charge in [0.1, 0.15) is 23.8 Å². The summed E-state index contributed by atoms with van der Waals surface area (Å²) in [4.78, 5) is 75.6. The van der Waals surface area contributed by atoms with Crippen molar-refractivity contribution < 1.29 is 28.5 Å². The molecule has 0 radical (unpaired) electrons. The van der Waals surface area contributed by atoms with E-state index in [1.165, 1.54) is 36.5 Å². The third-order valence-corrected chi connectivity index (χ3v) is 6.89. The van der Waals surface area contributed by atoms with Crippen molar-refractivity contribution in [2.75, 3.05) is 13.1 Å². The average Bonchev–Trinajstić information content (AvgIpc) is 3.48. The molecule has 0 saturated heterocycles. The largest absolute Gasteiger partial charge is 0.359 e. The Morgan fingerprint density at radius 2 is 1.75 bits per heavy atom. The van der Waals surface area contributed by atoms with Crippen molar-refractivity contribution in [3.8, 4) is 0 Å². The SMILES string of the molecule is CC(C)C[C@H]1NC(=O)[C@@H](C)NC(=O)c2cc(on2)CN(C(=O)c2cnccn2)CCNC(=O)[C@@H](Cc2ccccc2)NC1=O. The van der Waals surface area contributed by atoms with E-state index in [0.29, 0.717) is 6.42 Å². The van der Waals surface area contributed by atoms with Crippen molar-refractivity contribution in [2.24, 2.45) is 5.92 Å².